The summed E-state index contributed by atoms with van der Waals surface area (Å²) < 4.78 is 7.68. The molecule has 1 aromatic carbocycles. The quantitative estimate of drug-likeness (QED) is 0.437. The number of piperidine rings is 2. The fourth-order valence-electron chi connectivity index (χ4n) is 9.53. The Bertz CT molecular complexity index is 1120. The van der Waals surface area contributed by atoms with Crippen molar-refractivity contribution in [2.24, 2.45) is 11.8 Å². The van der Waals surface area contributed by atoms with Gasteiger partial charge in [0.1, 0.15) is 5.82 Å². The van der Waals surface area contributed by atoms with E-state index in [2.05, 4.69) is 38.6 Å². The van der Waals surface area contributed by atoms with Crippen molar-refractivity contribution in [1.29, 1.82) is 0 Å². The predicted octanol–water partition coefficient (Wildman–Crippen LogP) is 6.26. The molecule has 1 aromatic heterocycles. The molecule has 38 heavy (non-hydrogen) atoms. The minimum atomic E-state index is -0.143. The van der Waals surface area contributed by atoms with Crippen LogP contribution >= 0.6 is 0 Å². The first-order valence-electron chi connectivity index (χ1n) is 15.7. The fourth-order valence-corrected chi connectivity index (χ4v) is 9.53. The van der Waals surface area contributed by atoms with Crippen molar-refractivity contribution in [3.8, 4) is 0 Å². The lowest BCUT2D eigenvalue weighted by molar-refractivity contribution is -0.142. The Labute approximate surface area is 228 Å². The Hall–Kier alpha value is -1.92. The lowest BCUT2D eigenvalue weighted by Gasteiger charge is -2.55. The van der Waals surface area contributed by atoms with Crippen LogP contribution in [0.2, 0.25) is 0 Å². The molecule has 4 heterocycles. The predicted molar refractivity (Wildman–Crippen MR) is 150 cm³/mol. The van der Waals surface area contributed by atoms with Gasteiger partial charge in [-0.2, -0.15) is 0 Å². The molecule has 7 rings (SSSR count). The molecule has 3 saturated heterocycles. The summed E-state index contributed by atoms with van der Waals surface area (Å²) in [7, 11) is 1.50. The van der Waals surface area contributed by atoms with Crippen LogP contribution in [0.3, 0.4) is 0 Å². The summed E-state index contributed by atoms with van der Waals surface area (Å²) >= 11 is 0. The number of esters is 1. The largest absolute Gasteiger partial charge is 0.468 e. The van der Waals surface area contributed by atoms with E-state index in [-0.39, 0.29) is 12.0 Å². The number of nitrogens with zero attached hydrogens (tertiary/aromatic N) is 4. The topological polar surface area (TPSA) is 50.6 Å². The Morgan fingerprint density at radius 1 is 0.842 bits per heavy atom. The molecular weight excluding hydrogens is 472 g/mol. The molecule has 2 aromatic rings. The number of hydrogen-bond donors (Lipinski definition) is 0. The molecule has 5 fully saturated rings. The summed E-state index contributed by atoms with van der Waals surface area (Å²) in [6, 6.07) is 11.7. The number of rotatable bonds is 5. The van der Waals surface area contributed by atoms with Crippen LogP contribution in [-0.4, -0.2) is 63.6 Å². The molecule has 0 N–H and O–H groups in total. The van der Waals surface area contributed by atoms with Gasteiger partial charge in [-0.25, -0.2) is 4.98 Å². The first-order chi connectivity index (χ1) is 18.7. The molecule has 3 aliphatic heterocycles. The number of para-hydroxylation sites is 2. The summed E-state index contributed by atoms with van der Waals surface area (Å²) in [5.41, 5.74) is 2.39. The highest BCUT2D eigenvalue weighted by molar-refractivity contribution is 5.76. The van der Waals surface area contributed by atoms with E-state index in [0.29, 0.717) is 24.7 Å². The summed E-state index contributed by atoms with van der Waals surface area (Å²) in [6.45, 7) is 1.30. The van der Waals surface area contributed by atoms with E-state index >= 15 is 0 Å². The number of likely N-dealkylation sites (tertiary alicyclic amines) is 1. The van der Waals surface area contributed by atoms with Crippen molar-refractivity contribution in [3.63, 3.8) is 0 Å². The van der Waals surface area contributed by atoms with E-state index in [0.717, 1.165) is 42.8 Å². The average Bonchev–Trinajstić information content (AvgIpc) is 3.49. The van der Waals surface area contributed by atoms with Crippen molar-refractivity contribution in [2.45, 2.75) is 120 Å². The molecule has 206 valence electrons. The Morgan fingerprint density at radius 2 is 1.58 bits per heavy atom. The van der Waals surface area contributed by atoms with E-state index < -0.39 is 0 Å². The van der Waals surface area contributed by atoms with Gasteiger partial charge in [0.25, 0.3) is 0 Å². The van der Waals surface area contributed by atoms with Crippen LogP contribution in [0.4, 0.5) is 0 Å². The number of hydrogen-bond acceptors (Lipinski definition) is 5. The van der Waals surface area contributed by atoms with Gasteiger partial charge in [0.15, 0.2) is 0 Å². The van der Waals surface area contributed by atoms with Crippen LogP contribution in [0, 0.1) is 11.8 Å². The molecule has 2 saturated carbocycles. The molecular formula is C32H46N4O2. The van der Waals surface area contributed by atoms with Crippen LogP contribution in [0.15, 0.2) is 24.3 Å². The number of carbonyl (C=O) groups is 1. The van der Waals surface area contributed by atoms with Gasteiger partial charge in [-0.15, -0.1) is 0 Å². The molecule has 0 amide bonds. The third kappa shape index (κ3) is 4.60. The van der Waals surface area contributed by atoms with E-state index in [1.807, 2.05) is 0 Å². The highest BCUT2D eigenvalue weighted by Gasteiger charge is 2.46. The maximum absolute atomic E-state index is 12.2. The van der Waals surface area contributed by atoms with E-state index in [4.69, 9.17) is 9.72 Å². The normalized spacial score (nSPS) is 36.3. The third-order valence-electron chi connectivity index (χ3n) is 11.0. The van der Waals surface area contributed by atoms with Crippen LogP contribution in [-0.2, 0) is 9.53 Å². The average molecular weight is 519 g/mol. The van der Waals surface area contributed by atoms with Crippen LogP contribution in [0.1, 0.15) is 108 Å². The number of carbonyl (C=O) groups excluding carboxylic acids is 1. The second kappa shape index (κ2) is 10.6. The second-order valence-corrected chi connectivity index (χ2v) is 13.2. The van der Waals surface area contributed by atoms with Gasteiger partial charge in [0.2, 0.25) is 0 Å². The number of benzene rings is 1. The summed E-state index contributed by atoms with van der Waals surface area (Å²) in [5.74, 6) is 3.00. The van der Waals surface area contributed by atoms with Crippen molar-refractivity contribution >= 4 is 17.0 Å². The monoisotopic (exact) mass is 518 g/mol. The summed E-state index contributed by atoms with van der Waals surface area (Å²) in [4.78, 5) is 22.9. The lowest BCUT2D eigenvalue weighted by atomic mass is 9.73. The van der Waals surface area contributed by atoms with Crippen LogP contribution < -0.4 is 0 Å². The van der Waals surface area contributed by atoms with Gasteiger partial charge < -0.3 is 9.30 Å². The number of methoxy groups -OCH3 is 1. The molecule has 7 atom stereocenters. The molecule has 6 nitrogen and oxygen atoms in total. The third-order valence-corrected chi connectivity index (χ3v) is 11.0. The van der Waals surface area contributed by atoms with Gasteiger partial charge in [0.05, 0.1) is 30.7 Å². The number of aromatic nitrogens is 2. The maximum atomic E-state index is 12.2. The van der Waals surface area contributed by atoms with Crippen molar-refractivity contribution in [2.75, 3.05) is 20.2 Å². The zero-order chi connectivity index (χ0) is 25.6. The van der Waals surface area contributed by atoms with E-state index in [1.165, 1.54) is 95.5 Å². The standard InChI is InChI=1S/C32H46N4O2/c1-38-31(37)21-34-15-7-14-30(34)32-33-28-12-4-5-13-29(28)36(32)27-19-24-10-6-11-25(20-27)35(24)26-17-22-8-2-3-9-23(16-22)18-26/h4-5,12-13,22-27,30H,2-3,6-11,14-21H2,1H3/t22-,23+,24-,25+,26-,27+,30-/m0/s1. The van der Waals surface area contributed by atoms with Crippen LogP contribution in [0.25, 0.3) is 11.0 Å². The number of imidazole rings is 1. The summed E-state index contributed by atoms with van der Waals surface area (Å²) in [5, 5.41) is 0. The van der Waals surface area contributed by atoms with Crippen molar-refractivity contribution in [3.05, 3.63) is 30.1 Å². The molecule has 0 unspecified atom stereocenters. The zero-order valence-electron chi connectivity index (χ0n) is 23.3. The minimum absolute atomic E-state index is 0.143. The van der Waals surface area contributed by atoms with E-state index in [9.17, 15) is 4.79 Å². The van der Waals surface area contributed by atoms with Crippen LogP contribution in [0.5, 0.6) is 0 Å². The Balaban J connectivity index is 1.19. The Morgan fingerprint density at radius 3 is 2.32 bits per heavy atom. The van der Waals surface area contributed by atoms with Gasteiger partial charge in [-0.05, 0) is 88.3 Å². The molecule has 6 heteroatoms. The van der Waals surface area contributed by atoms with Gasteiger partial charge in [-0.1, -0.05) is 44.2 Å². The highest BCUT2D eigenvalue weighted by Crippen LogP contribution is 2.48. The minimum Gasteiger partial charge on any atom is -0.468 e. The van der Waals surface area contributed by atoms with E-state index in [1.54, 1.807) is 0 Å². The van der Waals surface area contributed by atoms with Gasteiger partial charge in [-0.3, -0.25) is 14.6 Å². The van der Waals surface area contributed by atoms with Crippen molar-refractivity contribution in [1.82, 2.24) is 19.4 Å². The molecule has 0 radical (unpaired) electrons. The summed E-state index contributed by atoms with van der Waals surface area (Å²) in [6.07, 6.45) is 19.1. The first-order valence-corrected chi connectivity index (χ1v) is 15.7. The second-order valence-electron chi connectivity index (χ2n) is 13.2. The lowest BCUT2D eigenvalue weighted by Crippen LogP contribution is -2.58. The van der Waals surface area contributed by atoms with Gasteiger partial charge >= 0.3 is 5.97 Å². The zero-order valence-corrected chi connectivity index (χ0v) is 23.3. The Kier molecular flexibility index (Phi) is 6.98. The van der Waals surface area contributed by atoms with Crippen molar-refractivity contribution < 1.29 is 9.53 Å². The van der Waals surface area contributed by atoms with Gasteiger partial charge in [0, 0.05) is 24.2 Å². The SMILES string of the molecule is COC(=O)CN1CCC[C@H]1c1nc2ccccc2n1[C@H]1C[C@H]2CCC[C@@H](C1)N2[C@@H]1C[C@@H]2CCCC[C@@H](C2)C1. The molecule has 0 spiro atoms. The number of fused-ring (bicyclic) bond motifs is 5. The molecule has 5 aliphatic rings. The first kappa shape index (κ1) is 25.1. The number of ether oxygens (including phenoxy) is 1. The fraction of sp³-hybridized carbons (Fsp3) is 0.750. The molecule has 4 bridgehead atoms. The highest BCUT2D eigenvalue weighted by atomic mass is 16.5. The molecule has 2 aliphatic carbocycles. The smallest absolute Gasteiger partial charge is 0.319 e. The maximum Gasteiger partial charge on any atom is 0.319 e.